The first-order chi connectivity index (χ1) is 12.7. The Hall–Kier alpha value is -2.95. The van der Waals surface area contributed by atoms with Gasteiger partial charge in [0, 0.05) is 19.7 Å². The maximum Gasteiger partial charge on any atom is 0.455 e. The Labute approximate surface area is 152 Å². The molecule has 3 amide bonds. The highest BCUT2D eigenvalue weighted by molar-refractivity contribution is 7.80. The second kappa shape index (κ2) is 6.65. The number of nitrogens with one attached hydrogen (secondary N) is 2. The van der Waals surface area contributed by atoms with Crippen molar-refractivity contribution in [3.8, 4) is 0 Å². The first kappa shape index (κ1) is 18.8. The van der Waals surface area contributed by atoms with Gasteiger partial charge in [-0.3, -0.25) is 19.4 Å². The zero-order chi connectivity index (χ0) is 19.9. The molecule has 0 unspecified atom stereocenters. The molecule has 1 fully saturated rings. The van der Waals surface area contributed by atoms with Gasteiger partial charge in [-0.1, -0.05) is 0 Å². The number of fused-ring (bicyclic) bond motifs is 4. The Morgan fingerprint density at radius 1 is 1.48 bits per heavy atom. The van der Waals surface area contributed by atoms with E-state index in [0.29, 0.717) is 16.3 Å². The van der Waals surface area contributed by atoms with E-state index < -0.39 is 34.6 Å². The lowest BCUT2D eigenvalue weighted by Gasteiger charge is -2.31. The summed E-state index contributed by atoms with van der Waals surface area (Å²) in [5, 5.41) is 13.1. The highest BCUT2D eigenvalue weighted by Gasteiger charge is 2.53. The topological polar surface area (TPSA) is 188 Å². The molecule has 2 aliphatic rings. The van der Waals surface area contributed by atoms with Crippen LogP contribution in [-0.4, -0.2) is 69.5 Å². The van der Waals surface area contributed by atoms with E-state index in [1.54, 1.807) is 7.05 Å². The molecule has 2 aliphatic heterocycles. The Kier molecular flexibility index (Phi) is 4.64. The van der Waals surface area contributed by atoms with E-state index in [1.165, 1.54) is 28.3 Å². The SMILES string of the molecule is CN=C(NOC(=O)NO)[C@@H]1c2c(cnn2C)[C@H]2CN1C(=O)N2OS(=O)(=O)O. The largest absolute Gasteiger partial charge is 0.455 e. The van der Waals surface area contributed by atoms with Crippen molar-refractivity contribution in [2.75, 3.05) is 13.6 Å². The fraction of sp³-hybridized carbons (Fsp3) is 0.455. The van der Waals surface area contributed by atoms with E-state index in [2.05, 4.69) is 24.7 Å². The average molecular weight is 405 g/mol. The van der Waals surface area contributed by atoms with Gasteiger partial charge < -0.3 is 9.74 Å². The summed E-state index contributed by atoms with van der Waals surface area (Å²) >= 11 is 0. The van der Waals surface area contributed by atoms with Gasteiger partial charge in [-0.25, -0.2) is 20.5 Å². The number of aromatic nitrogens is 2. The van der Waals surface area contributed by atoms with E-state index in [-0.39, 0.29) is 12.4 Å². The molecule has 0 aromatic carbocycles. The lowest BCUT2D eigenvalue weighted by Crippen LogP contribution is -2.45. The number of carbonyl (C=O) groups excluding carboxylic acids is 2. The van der Waals surface area contributed by atoms with Gasteiger partial charge in [0.2, 0.25) is 0 Å². The van der Waals surface area contributed by atoms with Gasteiger partial charge in [-0.05, 0) is 0 Å². The van der Waals surface area contributed by atoms with Crippen molar-refractivity contribution in [2.45, 2.75) is 12.1 Å². The van der Waals surface area contributed by atoms with E-state index in [0.717, 1.165) is 0 Å². The van der Waals surface area contributed by atoms with Crippen molar-refractivity contribution in [2.24, 2.45) is 12.0 Å². The van der Waals surface area contributed by atoms with Gasteiger partial charge in [0.15, 0.2) is 5.84 Å². The Morgan fingerprint density at radius 2 is 2.19 bits per heavy atom. The van der Waals surface area contributed by atoms with Crippen LogP contribution >= 0.6 is 0 Å². The summed E-state index contributed by atoms with van der Waals surface area (Å²) in [5.74, 6) is -0.0102. The smallest absolute Gasteiger partial charge is 0.321 e. The summed E-state index contributed by atoms with van der Waals surface area (Å²) in [6, 6.07) is -2.66. The van der Waals surface area contributed by atoms with Crippen LogP contribution in [0.3, 0.4) is 0 Å². The van der Waals surface area contributed by atoms with Crippen LogP contribution in [0, 0.1) is 0 Å². The molecule has 3 heterocycles. The van der Waals surface area contributed by atoms with Crippen LogP contribution in [0.1, 0.15) is 23.3 Å². The van der Waals surface area contributed by atoms with Crippen molar-refractivity contribution in [3.63, 3.8) is 0 Å². The third-order valence-corrected chi connectivity index (χ3v) is 4.39. The van der Waals surface area contributed by atoms with E-state index >= 15 is 0 Å². The van der Waals surface area contributed by atoms with Crippen molar-refractivity contribution in [1.82, 2.24) is 30.7 Å². The molecule has 2 atom stereocenters. The molecular formula is C11H15N7O8S. The highest BCUT2D eigenvalue weighted by atomic mass is 32.3. The Balaban J connectivity index is 2.01. The van der Waals surface area contributed by atoms with E-state index in [4.69, 9.17) is 9.76 Å². The quantitative estimate of drug-likeness (QED) is 0.154. The zero-order valence-corrected chi connectivity index (χ0v) is 14.7. The van der Waals surface area contributed by atoms with Crippen LogP contribution in [0.15, 0.2) is 11.2 Å². The third kappa shape index (κ3) is 3.25. The molecule has 4 N–H and O–H groups in total. The van der Waals surface area contributed by atoms with Crippen molar-refractivity contribution < 1.29 is 36.9 Å². The first-order valence-corrected chi connectivity index (χ1v) is 8.66. The number of hydrogen-bond donors (Lipinski definition) is 4. The fourth-order valence-electron chi connectivity index (χ4n) is 3.05. The Morgan fingerprint density at radius 3 is 2.78 bits per heavy atom. The van der Waals surface area contributed by atoms with Crippen LogP contribution in [0.2, 0.25) is 0 Å². The molecule has 1 saturated heterocycles. The van der Waals surface area contributed by atoms with Crippen LogP contribution < -0.4 is 11.0 Å². The van der Waals surface area contributed by atoms with Gasteiger partial charge in [-0.2, -0.15) is 18.6 Å². The predicted molar refractivity (Wildman–Crippen MR) is 83.2 cm³/mol. The number of aryl methyl sites for hydroxylation is 1. The molecule has 2 bridgehead atoms. The maximum absolute atomic E-state index is 12.6. The number of amides is 3. The van der Waals surface area contributed by atoms with Crippen LogP contribution in [-0.2, 0) is 26.6 Å². The normalized spacial score (nSPS) is 21.9. The summed E-state index contributed by atoms with van der Waals surface area (Å²) < 4.78 is 37.0. The lowest BCUT2D eigenvalue weighted by molar-refractivity contribution is -0.0316. The molecule has 1 aromatic rings. The average Bonchev–Trinajstić information content (AvgIpc) is 3.11. The summed E-state index contributed by atoms with van der Waals surface area (Å²) in [7, 11) is -2.00. The minimum absolute atomic E-state index is 0.00932. The summed E-state index contributed by atoms with van der Waals surface area (Å²) in [5.41, 5.74) is 4.37. The predicted octanol–water partition coefficient (Wildman–Crippen LogP) is -1.36. The molecule has 3 rings (SSSR count). The fourth-order valence-corrected chi connectivity index (χ4v) is 3.42. The van der Waals surface area contributed by atoms with Gasteiger partial charge in [0.25, 0.3) is 0 Å². The molecule has 0 radical (unpaired) electrons. The summed E-state index contributed by atoms with van der Waals surface area (Å²) in [6.07, 6.45) is 0.192. The molecule has 148 valence electrons. The second-order valence-corrected chi connectivity index (χ2v) is 6.51. The maximum atomic E-state index is 12.6. The highest BCUT2D eigenvalue weighted by Crippen LogP contribution is 2.44. The number of nitrogens with zero attached hydrogens (tertiary/aromatic N) is 5. The number of urea groups is 1. The van der Waals surface area contributed by atoms with Crippen LogP contribution in [0.4, 0.5) is 9.59 Å². The molecule has 16 heteroatoms. The standard InChI is InChI=1S/C11H15N7O8S/c1-12-9(15-25-10(19)14-21)8-7-5(3-13-16(7)2)6-4-17(8)11(20)18(6)26-27(22,23)24/h3,6,8,21H,4H2,1-2H3,(H,12,15)(H,14,19)(H,22,23,24)/t6-,8+/m1/s1. The number of hydroxylamine groups is 4. The molecular weight excluding hydrogens is 390 g/mol. The van der Waals surface area contributed by atoms with Crippen molar-refractivity contribution in [1.29, 1.82) is 0 Å². The minimum Gasteiger partial charge on any atom is -0.321 e. The molecule has 15 nitrogen and oxygen atoms in total. The van der Waals surface area contributed by atoms with Gasteiger partial charge >= 0.3 is 22.5 Å². The molecule has 0 saturated carbocycles. The second-order valence-electron chi connectivity index (χ2n) is 5.50. The Bertz CT molecular complexity index is 912. The van der Waals surface area contributed by atoms with Crippen molar-refractivity contribution in [3.05, 3.63) is 17.5 Å². The minimum atomic E-state index is -4.94. The molecule has 0 spiro atoms. The molecule has 1 aromatic heterocycles. The van der Waals surface area contributed by atoms with Gasteiger partial charge in [0.1, 0.15) is 12.1 Å². The number of rotatable bonds is 3. The number of carbonyl (C=O) groups is 2. The molecule has 27 heavy (non-hydrogen) atoms. The zero-order valence-electron chi connectivity index (χ0n) is 13.9. The summed E-state index contributed by atoms with van der Waals surface area (Å²) in [6.45, 7) is -0.00932. The van der Waals surface area contributed by atoms with Crippen LogP contribution in [0.25, 0.3) is 0 Å². The van der Waals surface area contributed by atoms with E-state index in [1.807, 2.05) is 0 Å². The van der Waals surface area contributed by atoms with Crippen LogP contribution in [0.5, 0.6) is 0 Å². The van der Waals surface area contributed by atoms with E-state index in [9.17, 15) is 18.0 Å². The molecule has 0 aliphatic carbocycles. The lowest BCUT2D eigenvalue weighted by atomic mass is 9.97. The first-order valence-electron chi connectivity index (χ1n) is 7.30. The third-order valence-electron chi connectivity index (χ3n) is 4.05. The summed E-state index contributed by atoms with van der Waals surface area (Å²) in [4.78, 5) is 33.4. The van der Waals surface area contributed by atoms with Gasteiger partial charge in [0.05, 0.1) is 18.4 Å². The number of hydrogen-bond acceptors (Lipinski definition) is 9. The van der Waals surface area contributed by atoms with Gasteiger partial charge in [-0.15, -0.1) is 4.28 Å². The number of aliphatic imine (C=N–C) groups is 1. The van der Waals surface area contributed by atoms with Crippen molar-refractivity contribution >= 4 is 28.4 Å². The monoisotopic (exact) mass is 405 g/mol. The number of amidine groups is 1.